The van der Waals surface area contributed by atoms with Crippen LogP contribution in [0.2, 0.25) is 0 Å². The first-order valence-corrected chi connectivity index (χ1v) is 6.85. The summed E-state index contributed by atoms with van der Waals surface area (Å²) in [4.78, 5) is 2.59. The van der Waals surface area contributed by atoms with Crippen LogP contribution in [0.4, 0.5) is 0 Å². The molecule has 0 spiro atoms. The van der Waals surface area contributed by atoms with Gasteiger partial charge in [-0.2, -0.15) is 0 Å². The van der Waals surface area contributed by atoms with Crippen LogP contribution in [0.3, 0.4) is 0 Å². The Morgan fingerprint density at radius 3 is 2.71 bits per heavy atom. The smallest absolute Gasteiger partial charge is 0.0233 e. The van der Waals surface area contributed by atoms with Gasteiger partial charge in [-0.05, 0) is 30.2 Å². The number of benzene rings is 1. The minimum Gasteiger partial charge on any atom is -0.327 e. The van der Waals surface area contributed by atoms with Crippen molar-refractivity contribution in [1.29, 1.82) is 0 Å². The topological polar surface area (TPSA) is 29.3 Å². The van der Waals surface area contributed by atoms with Gasteiger partial charge in [-0.25, -0.2) is 0 Å². The molecule has 3 rings (SSSR count). The Morgan fingerprint density at radius 2 is 1.94 bits per heavy atom. The molecule has 0 aromatic heterocycles. The van der Waals surface area contributed by atoms with Crippen LogP contribution in [0, 0.1) is 11.8 Å². The summed E-state index contributed by atoms with van der Waals surface area (Å²) in [6, 6.07) is 11.2. The predicted octanol–water partition coefficient (Wildman–Crippen LogP) is 2.25. The first kappa shape index (κ1) is 11.2. The van der Waals surface area contributed by atoms with Gasteiger partial charge in [-0.3, -0.25) is 4.90 Å². The van der Waals surface area contributed by atoms with Crippen molar-refractivity contribution in [3.05, 3.63) is 35.9 Å². The lowest BCUT2D eigenvalue weighted by Gasteiger charge is -2.29. The summed E-state index contributed by atoms with van der Waals surface area (Å²) in [6.45, 7) is 3.56. The van der Waals surface area contributed by atoms with E-state index in [0.29, 0.717) is 6.04 Å². The minimum atomic E-state index is 0.453. The van der Waals surface area contributed by atoms with Crippen LogP contribution in [0.25, 0.3) is 0 Å². The molecule has 1 saturated heterocycles. The second kappa shape index (κ2) is 4.79. The highest BCUT2D eigenvalue weighted by molar-refractivity contribution is 5.14. The van der Waals surface area contributed by atoms with E-state index < -0.39 is 0 Å². The molecule has 0 amide bonds. The van der Waals surface area contributed by atoms with Crippen LogP contribution < -0.4 is 5.73 Å². The van der Waals surface area contributed by atoms with Crippen LogP contribution >= 0.6 is 0 Å². The van der Waals surface area contributed by atoms with E-state index in [1.54, 1.807) is 0 Å². The van der Waals surface area contributed by atoms with Crippen molar-refractivity contribution in [3.63, 3.8) is 0 Å². The second-order valence-corrected chi connectivity index (χ2v) is 5.70. The fourth-order valence-corrected chi connectivity index (χ4v) is 3.58. The van der Waals surface area contributed by atoms with Gasteiger partial charge >= 0.3 is 0 Å². The third kappa shape index (κ3) is 2.38. The Morgan fingerprint density at radius 1 is 1.12 bits per heavy atom. The number of rotatable bonds is 2. The summed E-state index contributed by atoms with van der Waals surface area (Å²) in [5.41, 5.74) is 7.68. The zero-order chi connectivity index (χ0) is 11.7. The summed E-state index contributed by atoms with van der Waals surface area (Å²) in [5, 5.41) is 0. The molecule has 0 bridgehead atoms. The summed E-state index contributed by atoms with van der Waals surface area (Å²) in [7, 11) is 0. The number of hydrogen-bond acceptors (Lipinski definition) is 2. The molecular formula is C15H22N2. The van der Waals surface area contributed by atoms with Gasteiger partial charge in [0.15, 0.2) is 0 Å². The molecule has 2 aliphatic rings. The van der Waals surface area contributed by atoms with Crippen molar-refractivity contribution in [2.24, 2.45) is 17.6 Å². The molecule has 1 saturated carbocycles. The zero-order valence-corrected chi connectivity index (χ0v) is 10.4. The minimum absolute atomic E-state index is 0.453. The largest absolute Gasteiger partial charge is 0.327 e. The second-order valence-electron chi connectivity index (χ2n) is 5.70. The van der Waals surface area contributed by atoms with Crippen LogP contribution in [0.1, 0.15) is 24.8 Å². The molecule has 2 nitrogen and oxygen atoms in total. The summed E-state index contributed by atoms with van der Waals surface area (Å²) in [5.74, 6) is 1.62. The van der Waals surface area contributed by atoms with E-state index in [-0.39, 0.29) is 0 Å². The maximum atomic E-state index is 6.25. The van der Waals surface area contributed by atoms with Gasteiger partial charge in [-0.15, -0.1) is 0 Å². The number of hydrogen-bond donors (Lipinski definition) is 1. The van der Waals surface area contributed by atoms with E-state index in [1.807, 2.05) is 0 Å². The first-order valence-electron chi connectivity index (χ1n) is 6.85. The van der Waals surface area contributed by atoms with Crippen molar-refractivity contribution in [1.82, 2.24) is 4.90 Å². The van der Waals surface area contributed by atoms with Crippen molar-refractivity contribution in [3.8, 4) is 0 Å². The number of nitrogens with zero attached hydrogens (tertiary/aromatic N) is 1. The Bertz CT molecular complexity index is 362. The lowest BCUT2D eigenvalue weighted by molar-refractivity contribution is 0.259. The maximum Gasteiger partial charge on any atom is 0.0233 e. The van der Waals surface area contributed by atoms with Gasteiger partial charge in [0.25, 0.3) is 0 Å². The van der Waals surface area contributed by atoms with Gasteiger partial charge in [-0.1, -0.05) is 36.8 Å². The molecule has 2 N–H and O–H groups in total. The first-order chi connectivity index (χ1) is 8.33. The van der Waals surface area contributed by atoms with E-state index in [1.165, 1.54) is 37.9 Å². The van der Waals surface area contributed by atoms with E-state index in [2.05, 4.69) is 35.2 Å². The zero-order valence-electron chi connectivity index (χ0n) is 10.4. The Balaban J connectivity index is 1.64. The van der Waals surface area contributed by atoms with Gasteiger partial charge in [0.2, 0.25) is 0 Å². The predicted molar refractivity (Wildman–Crippen MR) is 70.5 cm³/mol. The Labute approximate surface area is 104 Å². The van der Waals surface area contributed by atoms with E-state index in [9.17, 15) is 0 Å². The van der Waals surface area contributed by atoms with Crippen molar-refractivity contribution < 1.29 is 0 Å². The molecule has 3 atom stereocenters. The van der Waals surface area contributed by atoms with E-state index >= 15 is 0 Å². The highest BCUT2D eigenvalue weighted by Gasteiger charge is 2.38. The van der Waals surface area contributed by atoms with Crippen LogP contribution in [-0.4, -0.2) is 24.0 Å². The maximum absolute atomic E-state index is 6.25. The van der Waals surface area contributed by atoms with Crippen LogP contribution in [0.15, 0.2) is 30.3 Å². The lowest BCUT2D eigenvalue weighted by Crippen LogP contribution is -2.38. The molecule has 1 heterocycles. The molecule has 2 heteroatoms. The number of likely N-dealkylation sites (tertiary alicyclic amines) is 1. The van der Waals surface area contributed by atoms with Crippen molar-refractivity contribution >= 4 is 0 Å². The van der Waals surface area contributed by atoms with Crippen molar-refractivity contribution in [2.75, 3.05) is 13.1 Å². The molecule has 1 aromatic rings. The fraction of sp³-hybridized carbons (Fsp3) is 0.600. The number of nitrogens with two attached hydrogens (primary N) is 1. The SMILES string of the molecule is N[C@H]1CCC[C@H]2CN(Cc3ccccc3)C[C@@H]21. The summed E-state index contributed by atoms with van der Waals surface area (Å²) >= 11 is 0. The Kier molecular flexibility index (Phi) is 3.17. The third-order valence-corrected chi connectivity index (χ3v) is 4.48. The van der Waals surface area contributed by atoms with E-state index in [0.717, 1.165) is 18.4 Å². The van der Waals surface area contributed by atoms with E-state index in [4.69, 9.17) is 5.73 Å². The molecule has 1 aliphatic heterocycles. The standard InChI is InChI=1S/C15H22N2/c16-15-8-4-7-13-10-17(11-14(13)15)9-12-5-2-1-3-6-12/h1-3,5-6,13-15H,4,7-11,16H2/t13-,14-,15-/m0/s1. The third-order valence-electron chi connectivity index (χ3n) is 4.48. The van der Waals surface area contributed by atoms with Gasteiger partial charge in [0.1, 0.15) is 0 Å². The average molecular weight is 230 g/mol. The molecule has 0 unspecified atom stereocenters. The number of fused-ring (bicyclic) bond motifs is 1. The molecule has 17 heavy (non-hydrogen) atoms. The van der Waals surface area contributed by atoms with Crippen molar-refractivity contribution in [2.45, 2.75) is 31.8 Å². The molecule has 1 aromatic carbocycles. The fourth-order valence-electron chi connectivity index (χ4n) is 3.58. The van der Waals surface area contributed by atoms with Gasteiger partial charge < -0.3 is 5.73 Å². The molecule has 2 fully saturated rings. The summed E-state index contributed by atoms with van der Waals surface area (Å²) in [6.07, 6.45) is 3.96. The highest BCUT2D eigenvalue weighted by Crippen LogP contribution is 2.35. The average Bonchev–Trinajstić information content (AvgIpc) is 2.74. The molecular weight excluding hydrogens is 208 g/mol. The van der Waals surface area contributed by atoms with Gasteiger partial charge in [0.05, 0.1) is 0 Å². The molecule has 1 aliphatic carbocycles. The van der Waals surface area contributed by atoms with Crippen LogP contribution in [0.5, 0.6) is 0 Å². The lowest BCUT2D eigenvalue weighted by atomic mass is 9.78. The molecule has 0 radical (unpaired) electrons. The van der Waals surface area contributed by atoms with Crippen LogP contribution in [-0.2, 0) is 6.54 Å². The Hall–Kier alpha value is -0.860. The van der Waals surface area contributed by atoms with Gasteiger partial charge in [0, 0.05) is 25.7 Å². The summed E-state index contributed by atoms with van der Waals surface area (Å²) < 4.78 is 0. The quantitative estimate of drug-likeness (QED) is 0.844. The normalized spacial score (nSPS) is 33.6. The molecule has 92 valence electrons. The monoisotopic (exact) mass is 230 g/mol. The highest BCUT2D eigenvalue weighted by atomic mass is 15.2.